The Morgan fingerprint density at radius 3 is 2.50 bits per heavy atom. The number of nitrogens with one attached hydrogen (secondary N) is 3. The third-order valence-electron chi connectivity index (χ3n) is 6.53. The maximum atomic E-state index is 14.9. The summed E-state index contributed by atoms with van der Waals surface area (Å²) >= 11 is 0. The van der Waals surface area contributed by atoms with Gasteiger partial charge in [0.25, 0.3) is 17.7 Å². The number of hydrogen-bond acceptors (Lipinski definition) is 7. The number of carbonyl (C=O) groups is 2. The van der Waals surface area contributed by atoms with E-state index in [9.17, 15) is 31.9 Å². The Morgan fingerprint density at radius 1 is 1.02 bits per heavy atom. The molecule has 44 heavy (non-hydrogen) atoms. The number of aromatic amines is 1. The van der Waals surface area contributed by atoms with Gasteiger partial charge in [-0.2, -0.15) is 13.2 Å². The number of nitrogens with zero attached hydrogens (tertiary/aromatic N) is 3. The summed E-state index contributed by atoms with van der Waals surface area (Å²) in [5, 5.41) is 5.90. The molecule has 3 heterocycles. The summed E-state index contributed by atoms with van der Waals surface area (Å²) in [5.41, 5.74) is 0.271. The van der Waals surface area contributed by atoms with Crippen molar-refractivity contribution in [3.05, 3.63) is 113 Å². The molecular weight excluding hydrogens is 584 g/mol. The lowest BCUT2D eigenvalue weighted by Crippen LogP contribution is -2.43. The monoisotopic (exact) mass is 608 g/mol. The fraction of sp³-hybridized carbons (Fsp3) is 0.167. The Hall–Kier alpha value is -5.53. The summed E-state index contributed by atoms with van der Waals surface area (Å²) in [6, 6.07) is 17.6. The van der Waals surface area contributed by atoms with Gasteiger partial charge < -0.3 is 20.4 Å². The van der Waals surface area contributed by atoms with Crippen molar-refractivity contribution in [3.8, 4) is 11.3 Å². The van der Waals surface area contributed by atoms with Gasteiger partial charge >= 0.3 is 12.1 Å². The summed E-state index contributed by atoms with van der Waals surface area (Å²) in [5.74, 6) is -5.22. The lowest BCUT2D eigenvalue weighted by molar-refractivity contribution is -0.209. The van der Waals surface area contributed by atoms with Gasteiger partial charge in [-0.15, -0.1) is 0 Å². The second kappa shape index (κ2) is 12.8. The van der Waals surface area contributed by atoms with Crippen molar-refractivity contribution >= 4 is 28.6 Å². The Kier molecular flexibility index (Phi) is 8.69. The van der Waals surface area contributed by atoms with Gasteiger partial charge in [0, 0.05) is 41.1 Å². The van der Waals surface area contributed by atoms with Crippen LogP contribution in [0.15, 0.2) is 90.1 Å². The molecule has 3 aromatic heterocycles. The molecule has 10 nitrogen and oxygen atoms in total. The van der Waals surface area contributed by atoms with Crippen LogP contribution in [0.4, 0.5) is 23.4 Å². The van der Waals surface area contributed by atoms with E-state index >= 15 is 0 Å². The van der Waals surface area contributed by atoms with Crippen molar-refractivity contribution < 1.29 is 31.9 Å². The van der Waals surface area contributed by atoms with Crippen molar-refractivity contribution in [3.63, 3.8) is 0 Å². The number of benzene rings is 2. The first-order chi connectivity index (χ1) is 21.1. The van der Waals surface area contributed by atoms with Crippen LogP contribution in [0.2, 0.25) is 0 Å². The molecule has 2 aromatic carbocycles. The third kappa shape index (κ3) is 6.75. The van der Waals surface area contributed by atoms with Crippen molar-refractivity contribution in [2.24, 2.45) is 0 Å². The van der Waals surface area contributed by atoms with Crippen LogP contribution in [-0.4, -0.2) is 44.1 Å². The van der Waals surface area contributed by atoms with Crippen LogP contribution >= 0.6 is 0 Å². The summed E-state index contributed by atoms with van der Waals surface area (Å²) < 4.78 is 60.1. The Morgan fingerprint density at radius 2 is 1.77 bits per heavy atom. The van der Waals surface area contributed by atoms with E-state index in [-0.39, 0.29) is 24.5 Å². The van der Waals surface area contributed by atoms with E-state index in [0.717, 1.165) is 17.8 Å². The molecule has 0 radical (unpaired) electrons. The van der Waals surface area contributed by atoms with Crippen LogP contribution in [0.5, 0.6) is 0 Å². The molecule has 0 aliphatic carbocycles. The average molecular weight is 609 g/mol. The number of rotatable bonds is 10. The number of esters is 1. The highest BCUT2D eigenvalue weighted by Crippen LogP contribution is 2.27. The highest BCUT2D eigenvalue weighted by molar-refractivity contribution is 5.85. The number of hydrogen-bond donors (Lipinski definition) is 3. The summed E-state index contributed by atoms with van der Waals surface area (Å²) in [6.07, 6.45) is -3.43. The van der Waals surface area contributed by atoms with Crippen molar-refractivity contribution in [2.45, 2.75) is 25.4 Å². The molecular formula is C30H24F4N6O4. The van der Waals surface area contributed by atoms with Gasteiger partial charge in [-0.05, 0) is 36.2 Å². The van der Waals surface area contributed by atoms with E-state index in [1.807, 2.05) is 30.3 Å². The minimum Gasteiger partial charge on any atom is -0.425 e. The van der Waals surface area contributed by atoms with E-state index in [0.29, 0.717) is 27.6 Å². The number of fused-ring (bicyclic) bond motifs is 1. The van der Waals surface area contributed by atoms with E-state index in [2.05, 4.69) is 30.3 Å². The lowest BCUT2D eigenvalue weighted by Gasteiger charge is -2.24. The maximum Gasteiger partial charge on any atom is 0.491 e. The zero-order valence-corrected chi connectivity index (χ0v) is 22.8. The van der Waals surface area contributed by atoms with Gasteiger partial charge in [-0.1, -0.05) is 42.5 Å². The van der Waals surface area contributed by atoms with Gasteiger partial charge in [0.1, 0.15) is 5.82 Å². The predicted molar refractivity (Wildman–Crippen MR) is 152 cm³/mol. The van der Waals surface area contributed by atoms with Crippen LogP contribution in [0.1, 0.15) is 17.5 Å². The molecule has 14 heteroatoms. The fourth-order valence-corrected chi connectivity index (χ4v) is 4.45. The van der Waals surface area contributed by atoms with Crippen LogP contribution in [0.3, 0.4) is 0 Å². The molecule has 226 valence electrons. The number of alkyl halides is 3. The molecule has 1 unspecified atom stereocenters. The Bertz CT molecular complexity index is 1820. The zero-order valence-electron chi connectivity index (χ0n) is 22.8. The number of halogens is 4. The van der Waals surface area contributed by atoms with E-state index < -0.39 is 41.4 Å². The molecule has 0 saturated heterocycles. The number of anilines is 1. The minimum atomic E-state index is -5.51. The van der Waals surface area contributed by atoms with E-state index in [4.69, 9.17) is 0 Å². The largest absolute Gasteiger partial charge is 0.491 e. The van der Waals surface area contributed by atoms with Crippen molar-refractivity contribution in [1.82, 2.24) is 24.8 Å². The number of amides is 1. The number of carbonyl (C=O) groups excluding carboxylic acids is 2. The highest BCUT2D eigenvalue weighted by atomic mass is 19.4. The smallest absolute Gasteiger partial charge is 0.425 e. The standard InChI is InChI=1S/C30H24F4N6O4/c31-22-9-5-4-8-21(22)24-17-37-25(36-13-10-18-6-2-1-3-7-18)27(42)40(24)28(44-29(43)30(32,33)34)26(41)38-16-20-14-19-15-35-12-11-23(19)39-20/h1-9,11-12,14-15,17,28,39H,10,13,16H2,(H,36,37)(H,38,41). The topological polar surface area (TPSA) is 131 Å². The summed E-state index contributed by atoms with van der Waals surface area (Å²) in [6.45, 7) is -0.0651. The third-order valence-corrected chi connectivity index (χ3v) is 6.53. The molecule has 0 bridgehead atoms. The number of ether oxygens (including phenoxy) is 1. The normalized spacial score (nSPS) is 12.1. The predicted octanol–water partition coefficient (Wildman–Crippen LogP) is 4.50. The Labute approximate surface area is 246 Å². The molecule has 0 aliphatic heterocycles. The maximum absolute atomic E-state index is 14.9. The molecule has 3 N–H and O–H groups in total. The van der Waals surface area contributed by atoms with Crippen LogP contribution in [0.25, 0.3) is 22.2 Å². The molecule has 0 saturated carbocycles. The first kappa shape index (κ1) is 29.9. The highest BCUT2D eigenvalue weighted by Gasteiger charge is 2.44. The second-order valence-electron chi connectivity index (χ2n) is 9.54. The quantitative estimate of drug-likeness (QED) is 0.157. The summed E-state index contributed by atoms with van der Waals surface area (Å²) in [7, 11) is 0. The first-order valence-electron chi connectivity index (χ1n) is 13.2. The van der Waals surface area contributed by atoms with Gasteiger partial charge in [-0.3, -0.25) is 19.1 Å². The lowest BCUT2D eigenvalue weighted by atomic mass is 10.1. The molecule has 1 amide bonds. The van der Waals surface area contributed by atoms with E-state index in [1.165, 1.54) is 18.2 Å². The Balaban J connectivity index is 1.53. The molecule has 0 fully saturated rings. The van der Waals surface area contributed by atoms with Gasteiger partial charge in [0.05, 0.1) is 18.4 Å². The van der Waals surface area contributed by atoms with Crippen LogP contribution < -0.4 is 16.2 Å². The van der Waals surface area contributed by atoms with Gasteiger partial charge in [0.15, 0.2) is 5.82 Å². The van der Waals surface area contributed by atoms with Crippen molar-refractivity contribution in [2.75, 3.05) is 11.9 Å². The van der Waals surface area contributed by atoms with Crippen molar-refractivity contribution in [1.29, 1.82) is 0 Å². The molecule has 1 atom stereocenters. The number of H-pyrrole nitrogens is 1. The van der Waals surface area contributed by atoms with Gasteiger partial charge in [0.2, 0.25) is 0 Å². The molecule has 0 spiro atoms. The van der Waals surface area contributed by atoms with Gasteiger partial charge in [-0.25, -0.2) is 14.2 Å². The molecule has 5 aromatic rings. The van der Waals surface area contributed by atoms with Crippen LogP contribution in [-0.2, 0) is 27.3 Å². The average Bonchev–Trinajstić information content (AvgIpc) is 3.43. The van der Waals surface area contributed by atoms with Crippen LogP contribution in [0, 0.1) is 5.82 Å². The zero-order chi connectivity index (χ0) is 31.3. The fourth-order valence-electron chi connectivity index (χ4n) is 4.45. The minimum absolute atomic E-state index is 0.180. The number of aromatic nitrogens is 4. The number of pyridine rings is 1. The first-order valence-corrected chi connectivity index (χ1v) is 13.2. The SMILES string of the molecule is O=C(NCc1cc2cnccc2[nH]1)C(OC(=O)C(F)(F)F)n1c(-c2ccccc2F)cnc(NCCc2ccccc2)c1=O. The summed E-state index contributed by atoms with van der Waals surface area (Å²) in [4.78, 5) is 50.3. The second-order valence-corrected chi connectivity index (χ2v) is 9.54. The molecule has 5 rings (SSSR count). The molecule has 0 aliphatic rings. The van der Waals surface area contributed by atoms with E-state index in [1.54, 1.807) is 24.5 Å².